The van der Waals surface area contributed by atoms with Crippen molar-refractivity contribution >= 4 is 22.0 Å². The first-order valence-corrected chi connectivity index (χ1v) is 11.0. The fraction of sp³-hybridized carbons (Fsp3) is 0.364. The number of Topliss-reactive ketones (excluding diaryl/α,β-unsaturated/α-hetero) is 1. The Morgan fingerprint density at radius 3 is 2.32 bits per heavy atom. The van der Waals surface area contributed by atoms with Crippen molar-refractivity contribution in [3.63, 3.8) is 0 Å². The minimum Gasteiger partial charge on any atom is -0.444 e. The summed E-state index contributed by atoms with van der Waals surface area (Å²) < 4.78 is 35.4. The maximum Gasteiger partial charge on any atom is 0.408 e. The second kappa shape index (κ2) is 9.93. The second-order valence-corrected chi connectivity index (χ2v) is 9.57. The third-order valence-electron chi connectivity index (χ3n) is 4.09. The lowest BCUT2D eigenvalue weighted by atomic mass is 10.0. The molecule has 2 aromatic carbocycles. The molecule has 0 saturated heterocycles. The lowest BCUT2D eigenvalue weighted by Gasteiger charge is -2.23. The first kappa shape index (κ1) is 24.4. The van der Waals surface area contributed by atoms with Gasteiger partial charge < -0.3 is 19.3 Å². The molecule has 1 amide bonds. The van der Waals surface area contributed by atoms with Crippen LogP contribution in [0.15, 0.2) is 53.4 Å². The maximum atomic E-state index is 12.5. The topological polar surface area (TPSA) is 119 Å². The van der Waals surface area contributed by atoms with Gasteiger partial charge in [0.1, 0.15) is 22.9 Å². The molecule has 0 aliphatic heterocycles. The van der Waals surface area contributed by atoms with Gasteiger partial charge >= 0.3 is 16.2 Å². The molecule has 2 rings (SSSR count). The zero-order chi connectivity index (χ0) is 23.2. The molecule has 168 valence electrons. The van der Waals surface area contributed by atoms with Crippen LogP contribution in [0, 0.1) is 6.92 Å². The molecule has 2 N–H and O–H groups in total. The fourth-order valence-corrected chi connectivity index (χ4v) is 3.57. The van der Waals surface area contributed by atoms with Gasteiger partial charge in [-0.15, -0.1) is 0 Å². The van der Waals surface area contributed by atoms with Crippen LogP contribution in [-0.4, -0.2) is 43.7 Å². The van der Waals surface area contributed by atoms with E-state index in [2.05, 4.69) is 5.32 Å². The van der Waals surface area contributed by atoms with Crippen LogP contribution in [0.3, 0.4) is 0 Å². The number of alkyl carbamates (subject to hydrolysis) is 1. The van der Waals surface area contributed by atoms with Crippen molar-refractivity contribution in [1.82, 2.24) is 5.32 Å². The highest BCUT2D eigenvalue weighted by atomic mass is 32.2. The van der Waals surface area contributed by atoms with E-state index in [9.17, 15) is 23.1 Å². The Morgan fingerprint density at radius 1 is 1.10 bits per heavy atom. The summed E-state index contributed by atoms with van der Waals surface area (Å²) >= 11 is 0. The van der Waals surface area contributed by atoms with Crippen LogP contribution in [0.2, 0.25) is 0 Å². The van der Waals surface area contributed by atoms with Crippen molar-refractivity contribution < 1.29 is 32.0 Å². The number of hydrogen-bond donors (Lipinski definition) is 2. The van der Waals surface area contributed by atoms with E-state index in [0.717, 1.165) is 5.56 Å². The Labute approximate surface area is 182 Å². The summed E-state index contributed by atoms with van der Waals surface area (Å²) in [6.45, 7) is 6.13. The van der Waals surface area contributed by atoms with Crippen molar-refractivity contribution in [2.75, 3.05) is 6.61 Å². The molecule has 0 fully saturated rings. The third-order valence-corrected chi connectivity index (χ3v) is 5.35. The number of nitrogens with one attached hydrogen (secondary N) is 1. The van der Waals surface area contributed by atoms with Gasteiger partial charge in [-0.1, -0.05) is 29.8 Å². The lowest BCUT2D eigenvalue weighted by Crippen LogP contribution is -2.45. The number of aliphatic hydroxyl groups is 1. The number of benzene rings is 2. The van der Waals surface area contributed by atoms with Crippen LogP contribution < -0.4 is 9.50 Å². The number of aliphatic hydroxyl groups excluding tert-OH is 1. The molecular weight excluding hydrogens is 422 g/mol. The number of amides is 1. The van der Waals surface area contributed by atoms with E-state index in [1.807, 2.05) is 6.92 Å². The average molecular weight is 450 g/mol. The number of carbonyl (C=O) groups is 2. The molecule has 0 bridgehead atoms. The molecule has 2 aromatic rings. The Hall–Kier alpha value is -2.91. The van der Waals surface area contributed by atoms with Gasteiger partial charge in [-0.3, -0.25) is 4.79 Å². The van der Waals surface area contributed by atoms with Crippen LogP contribution in [-0.2, 0) is 26.1 Å². The van der Waals surface area contributed by atoms with Crippen LogP contribution in [0.5, 0.6) is 5.75 Å². The number of aryl methyl sites for hydroxylation is 1. The summed E-state index contributed by atoms with van der Waals surface area (Å²) in [4.78, 5) is 24.2. The molecule has 8 nitrogen and oxygen atoms in total. The molecular formula is C22H27NO7S. The molecule has 0 aliphatic carbocycles. The SMILES string of the molecule is Cc1ccc(S(=O)(=O)Oc2cccc(CC(NC(=O)OC(C)(C)C)C(=O)CO)c2)cc1. The van der Waals surface area contributed by atoms with Gasteiger partial charge in [-0.05, 0) is 57.5 Å². The first-order valence-electron chi connectivity index (χ1n) is 9.63. The zero-order valence-electron chi connectivity index (χ0n) is 17.9. The van der Waals surface area contributed by atoms with E-state index in [1.54, 1.807) is 45.0 Å². The summed E-state index contributed by atoms with van der Waals surface area (Å²) in [6, 6.07) is 11.3. The molecule has 1 atom stereocenters. The predicted molar refractivity (Wildman–Crippen MR) is 114 cm³/mol. The van der Waals surface area contributed by atoms with Gasteiger partial charge in [0.2, 0.25) is 0 Å². The smallest absolute Gasteiger partial charge is 0.408 e. The zero-order valence-corrected chi connectivity index (χ0v) is 18.7. The van der Waals surface area contributed by atoms with Crippen molar-refractivity contribution in [1.29, 1.82) is 0 Å². The summed E-state index contributed by atoms with van der Waals surface area (Å²) in [5, 5.41) is 11.7. The van der Waals surface area contributed by atoms with Gasteiger partial charge in [-0.2, -0.15) is 8.42 Å². The van der Waals surface area contributed by atoms with E-state index in [-0.39, 0.29) is 17.1 Å². The van der Waals surface area contributed by atoms with Crippen molar-refractivity contribution in [3.8, 4) is 5.75 Å². The van der Waals surface area contributed by atoms with E-state index in [0.29, 0.717) is 5.56 Å². The molecule has 1 unspecified atom stereocenters. The number of carbonyl (C=O) groups excluding carboxylic acids is 2. The van der Waals surface area contributed by atoms with Gasteiger partial charge in [-0.25, -0.2) is 4.79 Å². The highest BCUT2D eigenvalue weighted by Gasteiger charge is 2.24. The summed E-state index contributed by atoms with van der Waals surface area (Å²) in [6.07, 6.45) is -0.783. The minimum absolute atomic E-state index is 0.0143. The molecule has 0 saturated carbocycles. The lowest BCUT2D eigenvalue weighted by molar-refractivity contribution is -0.123. The predicted octanol–water partition coefficient (Wildman–Crippen LogP) is 2.76. The number of ketones is 1. The molecule has 0 spiro atoms. The molecule has 0 heterocycles. The van der Waals surface area contributed by atoms with Gasteiger partial charge in [0.15, 0.2) is 5.78 Å². The Balaban J connectivity index is 2.17. The molecule has 31 heavy (non-hydrogen) atoms. The molecule has 0 radical (unpaired) electrons. The largest absolute Gasteiger partial charge is 0.444 e. The fourth-order valence-electron chi connectivity index (χ4n) is 2.65. The van der Waals surface area contributed by atoms with Crippen LogP contribution in [0.25, 0.3) is 0 Å². The van der Waals surface area contributed by atoms with Crippen LogP contribution in [0.1, 0.15) is 31.9 Å². The van der Waals surface area contributed by atoms with Crippen molar-refractivity contribution in [2.24, 2.45) is 0 Å². The molecule has 0 aliphatic rings. The van der Waals surface area contributed by atoms with Crippen molar-refractivity contribution in [3.05, 3.63) is 59.7 Å². The Morgan fingerprint density at radius 2 is 1.74 bits per heavy atom. The van der Waals surface area contributed by atoms with Crippen molar-refractivity contribution in [2.45, 2.75) is 50.7 Å². The summed E-state index contributed by atoms with van der Waals surface area (Å²) in [5.41, 5.74) is 0.687. The summed E-state index contributed by atoms with van der Waals surface area (Å²) in [5.74, 6) is -0.546. The van der Waals surface area contributed by atoms with Gasteiger partial charge in [0.05, 0.1) is 6.04 Å². The normalized spacial score (nSPS) is 12.7. The average Bonchev–Trinajstić information content (AvgIpc) is 2.65. The van der Waals surface area contributed by atoms with Gasteiger partial charge in [0.25, 0.3) is 0 Å². The highest BCUT2D eigenvalue weighted by molar-refractivity contribution is 7.87. The quantitative estimate of drug-likeness (QED) is 0.595. The minimum atomic E-state index is -4.03. The van der Waals surface area contributed by atoms with E-state index >= 15 is 0 Å². The van der Waals surface area contributed by atoms with E-state index in [4.69, 9.17) is 8.92 Å². The maximum absolute atomic E-state index is 12.5. The number of hydrogen-bond acceptors (Lipinski definition) is 7. The Bertz CT molecular complexity index is 1020. The summed E-state index contributed by atoms with van der Waals surface area (Å²) in [7, 11) is -4.03. The van der Waals surface area contributed by atoms with Crippen LogP contribution in [0.4, 0.5) is 4.79 Å². The monoisotopic (exact) mass is 449 g/mol. The number of ether oxygens (including phenoxy) is 1. The molecule has 9 heteroatoms. The van der Waals surface area contributed by atoms with Crippen LogP contribution >= 0.6 is 0 Å². The standard InChI is InChI=1S/C22H27NO7S/c1-15-8-10-18(11-9-15)31(27,28)30-17-7-5-6-16(12-17)13-19(20(25)14-24)23-21(26)29-22(2,3)4/h5-12,19,24H,13-14H2,1-4H3,(H,23,26). The van der Waals surface area contributed by atoms with E-state index in [1.165, 1.54) is 24.3 Å². The van der Waals surface area contributed by atoms with E-state index < -0.39 is 40.2 Å². The first-order chi connectivity index (χ1) is 14.4. The second-order valence-electron chi connectivity index (χ2n) is 8.03. The Kier molecular flexibility index (Phi) is 7.80. The number of rotatable bonds is 8. The molecule has 0 aromatic heterocycles. The van der Waals surface area contributed by atoms with Gasteiger partial charge in [0, 0.05) is 6.42 Å². The third kappa shape index (κ3) is 7.69. The highest BCUT2D eigenvalue weighted by Crippen LogP contribution is 2.21.